The zero-order chi connectivity index (χ0) is 15.1. The Bertz CT molecular complexity index is 530. The van der Waals surface area contributed by atoms with Crippen LogP contribution in [0.25, 0.3) is 5.52 Å². The molecule has 0 aliphatic carbocycles. The maximum Gasteiger partial charge on any atom is 0.0706 e. The molecule has 2 rings (SSSR count). The number of pyridine rings is 1. The molecule has 4 heteroatoms. The quantitative estimate of drug-likeness (QED) is 0.770. The highest BCUT2D eigenvalue weighted by Crippen LogP contribution is 2.10. The summed E-state index contributed by atoms with van der Waals surface area (Å²) < 4.78 is 1.93. The molecule has 2 aromatic heterocycles. The van der Waals surface area contributed by atoms with Gasteiger partial charge in [0.1, 0.15) is 0 Å². The average molecular weight is 288 g/mol. The monoisotopic (exact) mass is 288 g/mol. The molecule has 0 fully saturated rings. The molecule has 0 saturated carbocycles. The number of aromatic nitrogens is 2. The lowest BCUT2D eigenvalue weighted by Gasteiger charge is -2.19. The predicted octanol–water partition coefficient (Wildman–Crippen LogP) is 2.93. The van der Waals surface area contributed by atoms with Crippen LogP contribution >= 0.6 is 0 Å². The Morgan fingerprint density at radius 1 is 1.29 bits per heavy atom. The van der Waals surface area contributed by atoms with Gasteiger partial charge in [-0.25, -0.2) is 4.52 Å². The Balaban J connectivity index is 1.75. The molecule has 4 nitrogen and oxygen atoms in total. The van der Waals surface area contributed by atoms with E-state index >= 15 is 0 Å². The fourth-order valence-corrected chi connectivity index (χ4v) is 2.67. The van der Waals surface area contributed by atoms with Crippen molar-refractivity contribution in [3.63, 3.8) is 0 Å². The summed E-state index contributed by atoms with van der Waals surface area (Å²) in [4.78, 5) is 2.48. The van der Waals surface area contributed by atoms with Crippen LogP contribution in [-0.4, -0.2) is 40.2 Å². The fraction of sp³-hybridized carbons (Fsp3) is 0.588. The number of fused-ring (bicyclic) bond motifs is 1. The first-order chi connectivity index (χ1) is 10.2. The standard InChI is InChI=1S/C17H28N4/c1-4-20(5-2)11-8-9-15(3)18-13-16-14-19-21-12-7-6-10-17(16)21/h6-7,10,12,14-15,18H,4-5,8-9,11,13H2,1-3H3. The molecule has 0 radical (unpaired) electrons. The molecule has 0 aromatic carbocycles. The molecule has 0 bridgehead atoms. The molecule has 1 N–H and O–H groups in total. The van der Waals surface area contributed by atoms with Gasteiger partial charge in [0.05, 0.1) is 11.7 Å². The summed E-state index contributed by atoms with van der Waals surface area (Å²) in [5, 5.41) is 7.99. The Morgan fingerprint density at radius 2 is 2.10 bits per heavy atom. The normalized spacial score (nSPS) is 13.1. The van der Waals surface area contributed by atoms with Crippen molar-refractivity contribution >= 4 is 5.52 Å². The van der Waals surface area contributed by atoms with Crippen molar-refractivity contribution in [2.45, 2.75) is 46.2 Å². The molecule has 1 atom stereocenters. The van der Waals surface area contributed by atoms with Gasteiger partial charge >= 0.3 is 0 Å². The number of nitrogens with one attached hydrogen (secondary N) is 1. The molecule has 21 heavy (non-hydrogen) atoms. The molecule has 0 spiro atoms. The van der Waals surface area contributed by atoms with E-state index in [1.165, 1.54) is 30.5 Å². The van der Waals surface area contributed by atoms with Gasteiger partial charge in [0, 0.05) is 24.3 Å². The molecule has 0 aliphatic heterocycles. The zero-order valence-electron chi connectivity index (χ0n) is 13.5. The Morgan fingerprint density at radius 3 is 2.86 bits per heavy atom. The summed E-state index contributed by atoms with van der Waals surface area (Å²) in [6, 6.07) is 6.73. The van der Waals surface area contributed by atoms with Gasteiger partial charge in [-0.15, -0.1) is 0 Å². The van der Waals surface area contributed by atoms with Crippen LogP contribution in [0.3, 0.4) is 0 Å². The van der Waals surface area contributed by atoms with E-state index < -0.39 is 0 Å². The van der Waals surface area contributed by atoms with Gasteiger partial charge in [-0.3, -0.25) is 0 Å². The first kappa shape index (κ1) is 16.0. The number of hydrogen-bond acceptors (Lipinski definition) is 3. The number of rotatable bonds is 9. The highest BCUT2D eigenvalue weighted by Gasteiger charge is 2.06. The second kappa shape index (κ2) is 8.15. The maximum absolute atomic E-state index is 4.37. The minimum absolute atomic E-state index is 0.541. The lowest BCUT2D eigenvalue weighted by atomic mass is 10.1. The van der Waals surface area contributed by atoms with Gasteiger partial charge in [0.25, 0.3) is 0 Å². The van der Waals surface area contributed by atoms with Gasteiger partial charge in [-0.2, -0.15) is 5.10 Å². The third kappa shape index (κ3) is 4.55. The summed E-state index contributed by atoms with van der Waals surface area (Å²) >= 11 is 0. The third-order valence-corrected chi connectivity index (χ3v) is 4.15. The second-order valence-electron chi connectivity index (χ2n) is 5.65. The summed E-state index contributed by atoms with van der Waals surface area (Å²) in [7, 11) is 0. The van der Waals surface area contributed by atoms with Gasteiger partial charge in [-0.1, -0.05) is 19.9 Å². The first-order valence-corrected chi connectivity index (χ1v) is 8.11. The van der Waals surface area contributed by atoms with Crippen LogP contribution in [0.2, 0.25) is 0 Å². The largest absolute Gasteiger partial charge is 0.310 e. The van der Waals surface area contributed by atoms with Gasteiger partial charge in [0.2, 0.25) is 0 Å². The molecule has 0 saturated heterocycles. The van der Waals surface area contributed by atoms with Gasteiger partial charge < -0.3 is 10.2 Å². The van der Waals surface area contributed by atoms with Crippen molar-refractivity contribution in [2.75, 3.05) is 19.6 Å². The maximum atomic E-state index is 4.37. The van der Waals surface area contributed by atoms with Gasteiger partial charge in [-0.05, 0) is 51.5 Å². The lowest BCUT2D eigenvalue weighted by Crippen LogP contribution is -2.28. The molecule has 0 amide bonds. The Labute approximate surface area is 128 Å². The number of hydrogen-bond donors (Lipinski definition) is 1. The van der Waals surface area contributed by atoms with E-state index in [0.717, 1.165) is 19.6 Å². The highest BCUT2D eigenvalue weighted by molar-refractivity contribution is 5.53. The van der Waals surface area contributed by atoms with Crippen molar-refractivity contribution < 1.29 is 0 Å². The molecule has 116 valence electrons. The van der Waals surface area contributed by atoms with Crippen LogP contribution in [-0.2, 0) is 6.54 Å². The smallest absolute Gasteiger partial charge is 0.0706 e. The van der Waals surface area contributed by atoms with Crippen LogP contribution in [0, 0.1) is 0 Å². The summed E-state index contributed by atoms with van der Waals surface area (Å²) in [6.07, 6.45) is 6.43. The van der Waals surface area contributed by atoms with Crippen molar-refractivity contribution in [3.05, 3.63) is 36.2 Å². The van der Waals surface area contributed by atoms with E-state index in [1.807, 2.05) is 23.0 Å². The second-order valence-corrected chi connectivity index (χ2v) is 5.65. The van der Waals surface area contributed by atoms with Crippen molar-refractivity contribution in [3.8, 4) is 0 Å². The first-order valence-electron chi connectivity index (χ1n) is 8.11. The number of nitrogens with zero attached hydrogens (tertiary/aromatic N) is 3. The zero-order valence-corrected chi connectivity index (χ0v) is 13.5. The van der Waals surface area contributed by atoms with Crippen LogP contribution < -0.4 is 5.32 Å². The molecule has 2 heterocycles. The Kier molecular flexibility index (Phi) is 6.21. The Hall–Kier alpha value is -1.39. The highest BCUT2D eigenvalue weighted by atomic mass is 15.2. The molecular formula is C17H28N4. The molecule has 0 aliphatic rings. The SMILES string of the molecule is CCN(CC)CCCC(C)NCc1cnn2ccccc12. The third-order valence-electron chi connectivity index (χ3n) is 4.15. The fourth-order valence-electron chi connectivity index (χ4n) is 2.67. The van der Waals surface area contributed by atoms with Crippen LogP contribution in [0.4, 0.5) is 0 Å². The molecule has 1 unspecified atom stereocenters. The van der Waals surface area contributed by atoms with E-state index in [-0.39, 0.29) is 0 Å². The van der Waals surface area contributed by atoms with E-state index in [1.54, 1.807) is 0 Å². The van der Waals surface area contributed by atoms with E-state index in [4.69, 9.17) is 0 Å². The average Bonchev–Trinajstić information content (AvgIpc) is 2.93. The molecule has 2 aromatic rings. The topological polar surface area (TPSA) is 32.6 Å². The lowest BCUT2D eigenvalue weighted by molar-refractivity contribution is 0.290. The molecular weight excluding hydrogens is 260 g/mol. The van der Waals surface area contributed by atoms with E-state index in [0.29, 0.717) is 6.04 Å². The van der Waals surface area contributed by atoms with E-state index in [9.17, 15) is 0 Å². The van der Waals surface area contributed by atoms with E-state index in [2.05, 4.69) is 48.2 Å². The van der Waals surface area contributed by atoms with Crippen molar-refractivity contribution in [2.24, 2.45) is 0 Å². The summed E-state index contributed by atoms with van der Waals surface area (Å²) in [5.74, 6) is 0. The van der Waals surface area contributed by atoms with Crippen LogP contribution in [0.1, 0.15) is 39.2 Å². The van der Waals surface area contributed by atoms with Crippen molar-refractivity contribution in [1.29, 1.82) is 0 Å². The van der Waals surface area contributed by atoms with Crippen molar-refractivity contribution in [1.82, 2.24) is 19.8 Å². The van der Waals surface area contributed by atoms with Crippen LogP contribution in [0.15, 0.2) is 30.6 Å². The minimum Gasteiger partial charge on any atom is -0.310 e. The predicted molar refractivity (Wildman–Crippen MR) is 88.5 cm³/mol. The minimum atomic E-state index is 0.541. The van der Waals surface area contributed by atoms with Crippen LogP contribution in [0.5, 0.6) is 0 Å². The summed E-state index contributed by atoms with van der Waals surface area (Å²) in [5.41, 5.74) is 2.46. The van der Waals surface area contributed by atoms with Gasteiger partial charge in [0.15, 0.2) is 0 Å². The summed E-state index contributed by atoms with van der Waals surface area (Å²) in [6.45, 7) is 11.1.